The Kier molecular flexibility index (Phi) is 4.86. The number of nitrogens with one attached hydrogen (secondary N) is 1. The molecule has 6 heteroatoms. The average molecular weight is 283 g/mol. The fourth-order valence-electron chi connectivity index (χ4n) is 3.06. The lowest BCUT2D eigenvalue weighted by molar-refractivity contribution is -0.137. The average Bonchev–Trinajstić information content (AvgIpc) is 2.49. The molecule has 1 atom stereocenters. The molecule has 114 valence electrons. The fourth-order valence-corrected chi connectivity index (χ4v) is 3.06. The van der Waals surface area contributed by atoms with E-state index >= 15 is 0 Å². The Morgan fingerprint density at radius 1 is 1.35 bits per heavy atom. The molecule has 4 N–H and O–H groups in total. The quantitative estimate of drug-likeness (QED) is 0.315. The number of amides is 1. The maximum atomic E-state index is 12.3. The number of hydrogen-bond acceptors (Lipinski definition) is 4. The minimum atomic E-state index is -0.709. The molecular formula is C14H25N3O3. The Labute approximate surface area is 119 Å². The van der Waals surface area contributed by atoms with Crippen LogP contribution in [0.5, 0.6) is 0 Å². The second-order valence-electron chi connectivity index (χ2n) is 6.09. The van der Waals surface area contributed by atoms with Crippen LogP contribution in [0.3, 0.4) is 0 Å². The second kappa shape index (κ2) is 6.43. The molecule has 1 saturated carbocycles. The first-order valence-corrected chi connectivity index (χ1v) is 7.49. The van der Waals surface area contributed by atoms with Gasteiger partial charge in [-0.15, -0.1) is 0 Å². The number of carbonyl (C=O) groups excluding carboxylic acids is 1. The van der Waals surface area contributed by atoms with Crippen molar-refractivity contribution in [3.05, 3.63) is 0 Å². The standard InChI is InChI=1S/C14H25N3O3/c1-10-5-7-14(8-6-10,13(15)17-19)16-12(18)11-4-2-3-9-20-11/h10-11,19H,2-9H2,1H3,(H2,15,17)(H,16,18). The minimum Gasteiger partial charge on any atom is -0.409 e. The Bertz CT molecular complexity index is 370. The fraction of sp³-hybridized carbons (Fsp3) is 0.857. The summed E-state index contributed by atoms with van der Waals surface area (Å²) in [5.74, 6) is 0.580. The van der Waals surface area contributed by atoms with Crippen molar-refractivity contribution in [2.75, 3.05) is 6.61 Å². The van der Waals surface area contributed by atoms with Crippen LogP contribution in [-0.4, -0.2) is 35.2 Å². The first-order valence-electron chi connectivity index (χ1n) is 7.49. The Morgan fingerprint density at radius 2 is 2.05 bits per heavy atom. The van der Waals surface area contributed by atoms with Gasteiger partial charge in [0.15, 0.2) is 5.84 Å². The van der Waals surface area contributed by atoms with Gasteiger partial charge in [0.05, 0.1) is 0 Å². The van der Waals surface area contributed by atoms with Crippen LogP contribution in [0.2, 0.25) is 0 Å². The summed E-state index contributed by atoms with van der Waals surface area (Å²) in [4.78, 5) is 12.3. The maximum absolute atomic E-state index is 12.3. The number of rotatable bonds is 3. The number of oxime groups is 1. The summed E-state index contributed by atoms with van der Waals surface area (Å²) < 4.78 is 5.51. The van der Waals surface area contributed by atoms with E-state index in [0.29, 0.717) is 25.4 Å². The van der Waals surface area contributed by atoms with Crippen molar-refractivity contribution in [2.24, 2.45) is 16.8 Å². The van der Waals surface area contributed by atoms with E-state index in [-0.39, 0.29) is 11.7 Å². The molecule has 6 nitrogen and oxygen atoms in total. The summed E-state index contributed by atoms with van der Waals surface area (Å²) in [6, 6.07) is 0. The van der Waals surface area contributed by atoms with E-state index < -0.39 is 11.6 Å². The van der Waals surface area contributed by atoms with Crippen molar-refractivity contribution in [1.82, 2.24) is 5.32 Å². The monoisotopic (exact) mass is 283 g/mol. The molecule has 0 bridgehead atoms. The van der Waals surface area contributed by atoms with Gasteiger partial charge in [-0.2, -0.15) is 0 Å². The van der Waals surface area contributed by atoms with E-state index in [2.05, 4.69) is 17.4 Å². The normalized spacial score (nSPS) is 35.5. The number of ether oxygens (including phenoxy) is 1. The van der Waals surface area contributed by atoms with Gasteiger partial charge in [-0.05, 0) is 50.9 Å². The van der Waals surface area contributed by atoms with Crippen molar-refractivity contribution in [3.63, 3.8) is 0 Å². The smallest absolute Gasteiger partial charge is 0.249 e. The summed E-state index contributed by atoms with van der Waals surface area (Å²) in [5.41, 5.74) is 5.14. The Balaban J connectivity index is 2.06. The molecule has 1 saturated heterocycles. The van der Waals surface area contributed by atoms with Gasteiger partial charge < -0.3 is 21.0 Å². The first-order chi connectivity index (χ1) is 9.57. The van der Waals surface area contributed by atoms with Gasteiger partial charge in [-0.1, -0.05) is 12.1 Å². The highest BCUT2D eigenvalue weighted by atomic mass is 16.5. The zero-order chi connectivity index (χ0) is 14.6. The highest BCUT2D eigenvalue weighted by Gasteiger charge is 2.41. The van der Waals surface area contributed by atoms with E-state index in [1.807, 2.05) is 0 Å². The van der Waals surface area contributed by atoms with Gasteiger partial charge in [-0.25, -0.2) is 0 Å². The highest BCUT2D eigenvalue weighted by Crippen LogP contribution is 2.32. The lowest BCUT2D eigenvalue weighted by atomic mass is 9.76. The van der Waals surface area contributed by atoms with Crippen LogP contribution in [0.25, 0.3) is 0 Å². The zero-order valence-electron chi connectivity index (χ0n) is 12.1. The van der Waals surface area contributed by atoms with Gasteiger partial charge >= 0.3 is 0 Å². The molecular weight excluding hydrogens is 258 g/mol. The van der Waals surface area contributed by atoms with Crippen LogP contribution < -0.4 is 11.1 Å². The molecule has 0 aromatic carbocycles. The number of hydrogen-bond donors (Lipinski definition) is 3. The molecule has 1 unspecified atom stereocenters. The van der Waals surface area contributed by atoms with Crippen molar-refractivity contribution >= 4 is 11.7 Å². The highest BCUT2D eigenvalue weighted by molar-refractivity contribution is 5.95. The van der Waals surface area contributed by atoms with Crippen molar-refractivity contribution in [3.8, 4) is 0 Å². The number of carbonyl (C=O) groups is 1. The third-order valence-corrected chi connectivity index (χ3v) is 4.56. The third-order valence-electron chi connectivity index (χ3n) is 4.56. The summed E-state index contributed by atoms with van der Waals surface area (Å²) in [7, 11) is 0. The van der Waals surface area contributed by atoms with Gasteiger partial charge in [0, 0.05) is 6.61 Å². The van der Waals surface area contributed by atoms with Crippen LogP contribution in [0.15, 0.2) is 5.16 Å². The lowest BCUT2D eigenvalue weighted by Crippen LogP contribution is -2.61. The molecule has 1 aliphatic heterocycles. The molecule has 0 aromatic heterocycles. The SMILES string of the molecule is CC1CCC(NC(=O)C2CCCCO2)(C(N)=NO)CC1. The number of amidine groups is 1. The largest absolute Gasteiger partial charge is 0.409 e. The first kappa shape index (κ1) is 15.1. The maximum Gasteiger partial charge on any atom is 0.249 e. The molecule has 2 rings (SSSR count). The molecule has 1 aliphatic carbocycles. The van der Waals surface area contributed by atoms with Crippen LogP contribution in [-0.2, 0) is 9.53 Å². The molecule has 0 aromatic rings. The van der Waals surface area contributed by atoms with Crippen molar-refractivity contribution in [1.29, 1.82) is 0 Å². The van der Waals surface area contributed by atoms with Gasteiger partial charge in [0.2, 0.25) is 5.91 Å². The number of nitrogens with two attached hydrogens (primary N) is 1. The predicted octanol–water partition coefficient (Wildman–Crippen LogP) is 1.37. The molecule has 2 fully saturated rings. The topological polar surface area (TPSA) is 96.9 Å². The zero-order valence-corrected chi connectivity index (χ0v) is 12.1. The van der Waals surface area contributed by atoms with E-state index in [4.69, 9.17) is 15.7 Å². The Morgan fingerprint density at radius 3 is 2.60 bits per heavy atom. The van der Waals surface area contributed by atoms with Crippen molar-refractivity contribution < 1.29 is 14.7 Å². The van der Waals surface area contributed by atoms with Gasteiger partial charge in [0.25, 0.3) is 0 Å². The molecule has 1 amide bonds. The van der Waals surface area contributed by atoms with Crippen molar-refractivity contribution in [2.45, 2.75) is 63.5 Å². The van der Waals surface area contributed by atoms with Gasteiger partial charge in [0.1, 0.15) is 11.6 Å². The molecule has 0 spiro atoms. The van der Waals surface area contributed by atoms with E-state index in [1.165, 1.54) is 0 Å². The van der Waals surface area contributed by atoms with Crippen LogP contribution in [0, 0.1) is 5.92 Å². The summed E-state index contributed by atoms with van der Waals surface area (Å²) >= 11 is 0. The molecule has 0 radical (unpaired) electrons. The minimum absolute atomic E-state index is 0.105. The summed E-state index contributed by atoms with van der Waals surface area (Å²) in [6.07, 6.45) is 5.70. The van der Waals surface area contributed by atoms with Crippen LogP contribution in [0.1, 0.15) is 51.9 Å². The van der Waals surface area contributed by atoms with E-state index in [9.17, 15) is 4.79 Å². The Hall–Kier alpha value is -1.30. The summed E-state index contributed by atoms with van der Waals surface area (Å²) in [5, 5.41) is 15.2. The van der Waals surface area contributed by atoms with E-state index in [1.54, 1.807) is 0 Å². The molecule has 20 heavy (non-hydrogen) atoms. The van der Waals surface area contributed by atoms with Crippen LogP contribution >= 0.6 is 0 Å². The molecule has 1 heterocycles. The van der Waals surface area contributed by atoms with Gasteiger partial charge in [-0.3, -0.25) is 4.79 Å². The molecule has 2 aliphatic rings. The second-order valence-corrected chi connectivity index (χ2v) is 6.09. The third kappa shape index (κ3) is 3.23. The van der Waals surface area contributed by atoms with E-state index in [0.717, 1.165) is 32.1 Å². The number of nitrogens with zero attached hydrogens (tertiary/aromatic N) is 1. The predicted molar refractivity (Wildman–Crippen MR) is 75.5 cm³/mol. The van der Waals surface area contributed by atoms with Crippen LogP contribution in [0.4, 0.5) is 0 Å². The summed E-state index contributed by atoms with van der Waals surface area (Å²) in [6.45, 7) is 2.81. The lowest BCUT2D eigenvalue weighted by Gasteiger charge is -2.40.